The first kappa shape index (κ1) is 28.4. The van der Waals surface area contributed by atoms with E-state index >= 15 is 0 Å². The number of fused-ring (bicyclic) bond motifs is 7. The van der Waals surface area contributed by atoms with Crippen molar-refractivity contribution < 1.29 is 4.42 Å². The molecule has 0 spiro atoms. The number of hydrogen-bond acceptors (Lipinski definition) is 2. The predicted octanol–water partition coefficient (Wildman–Crippen LogP) is 13.8. The second-order valence-electron chi connectivity index (χ2n) is 12.9. The Labute approximate surface area is 290 Å². The minimum Gasteiger partial charge on any atom is -0.455 e. The van der Waals surface area contributed by atoms with Gasteiger partial charge in [-0.15, -0.1) is 0 Å². The molecule has 0 bridgehead atoms. The molecule has 0 saturated heterocycles. The highest BCUT2D eigenvalue weighted by molar-refractivity contribution is 6.16. The van der Waals surface area contributed by atoms with E-state index in [9.17, 15) is 0 Å². The molecule has 10 rings (SSSR count). The van der Waals surface area contributed by atoms with Crippen molar-refractivity contribution in [3.05, 3.63) is 188 Å². The van der Waals surface area contributed by atoms with Gasteiger partial charge in [0.25, 0.3) is 0 Å². The third kappa shape index (κ3) is 4.57. The van der Waals surface area contributed by atoms with Crippen LogP contribution < -0.4 is 4.90 Å². The van der Waals surface area contributed by atoms with Gasteiger partial charge >= 0.3 is 0 Å². The highest BCUT2D eigenvalue weighted by Crippen LogP contribution is 2.45. The molecule has 0 aliphatic heterocycles. The van der Waals surface area contributed by atoms with E-state index in [0.717, 1.165) is 55.5 Å². The fraction of sp³-hybridized carbons (Fsp3) is 0. The molecular formula is C48H31NO. The first-order chi connectivity index (χ1) is 24.8. The van der Waals surface area contributed by atoms with E-state index in [0.29, 0.717) is 0 Å². The van der Waals surface area contributed by atoms with Crippen LogP contribution in [0.5, 0.6) is 0 Å². The molecule has 1 aromatic heterocycles. The Hall–Kier alpha value is -6.64. The SMILES string of the molecule is c1ccc(N(c2ccc(-c3cccc4ccccc34)cc2)c2cccc3ccccc23)c(-c2ccc3oc4c5ccccc5ccc4c3c2)c1. The second kappa shape index (κ2) is 11.5. The molecule has 0 N–H and O–H groups in total. The van der Waals surface area contributed by atoms with Gasteiger partial charge < -0.3 is 9.32 Å². The van der Waals surface area contributed by atoms with E-state index in [-0.39, 0.29) is 0 Å². The Kier molecular flexibility index (Phi) is 6.53. The summed E-state index contributed by atoms with van der Waals surface area (Å²) in [7, 11) is 0. The summed E-state index contributed by atoms with van der Waals surface area (Å²) in [6, 6.07) is 67.6. The van der Waals surface area contributed by atoms with Crippen LogP contribution in [0.25, 0.3) is 76.5 Å². The lowest BCUT2D eigenvalue weighted by atomic mass is 9.97. The normalized spacial score (nSPS) is 11.6. The molecule has 1 heterocycles. The number of para-hydroxylation sites is 1. The van der Waals surface area contributed by atoms with Crippen LogP contribution in [0.15, 0.2) is 192 Å². The van der Waals surface area contributed by atoms with Crippen molar-refractivity contribution in [3.8, 4) is 22.3 Å². The molecule has 50 heavy (non-hydrogen) atoms. The van der Waals surface area contributed by atoms with Gasteiger partial charge in [-0.05, 0) is 80.7 Å². The van der Waals surface area contributed by atoms with Gasteiger partial charge in [-0.3, -0.25) is 0 Å². The number of anilines is 3. The van der Waals surface area contributed by atoms with Gasteiger partial charge in [0.2, 0.25) is 0 Å². The largest absolute Gasteiger partial charge is 0.455 e. The van der Waals surface area contributed by atoms with Crippen LogP contribution in [0.4, 0.5) is 17.1 Å². The zero-order valence-electron chi connectivity index (χ0n) is 27.3. The van der Waals surface area contributed by atoms with E-state index in [4.69, 9.17) is 4.42 Å². The number of nitrogens with zero attached hydrogens (tertiary/aromatic N) is 1. The maximum Gasteiger partial charge on any atom is 0.143 e. The third-order valence-electron chi connectivity index (χ3n) is 10.1. The van der Waals surface area contributed by atoms with Gasteiger partial charge in [-0.25, -0.2) is 0 Å². The van der Waals surface area contributed by atoms with Crippen LogP contribution in [0.1, 0.15) is 0 Å². The van der Waals surface area contributed by atoms with Crippen LogP contribution in [0.3, 0.4) is 0 Å². The van der Waals surface area contributed by atoms with Crippen molar-refractivity contribution in [3.63, 3.8) is 0 Å². The quantitative estimate of drug-likeness (QED) is 0.187. The van der Waals surface area contributed by atoms with Gasteiger partial charge in [-0.1, -0.05) is 146 Å². The van der Waals surface area contributed by atoms with Gasteiger partial charge in [0.1, 0.15) is 11.2 Å². The molecule has 2 nitrogen and oxygen atoms in total. The molecule has 2 heteroatoms. The number of benzene rings is 9. The lowest BCUT2D eigenvalue weighted by Gasteiger charge is -2.29. The van der Waals surface area contributed by atoms with Gasteiger partial charge in [0, 0.05) is 32.8 Å². The summed E-state index contributed by atoms with van der Waals surface area (Å²) >= 11 is 0. The smallest absolute Gasteiger partial charge is 0.143 e. The summed E-state index contributed by atoms with van der Waals surface area (Å²) in [5.41, 5.74) is 9.90. The van der Waals surface area contributed by atoms with E-state index in [2.05, 4.69) is 193 Å². The zero-order valence-corrected chi connectivity index (χ0v) is 27.3. The van der Waals surface area contributed by atoms with Crippen molar-refractivity contribution >= 4 is 71.3 Å². The summed E-state index contributed by atoms with van der Waals surface area (Å²) in [6.07, 6.45) is 0. The molecule has 0 unspecified atom stereocenters. The summed E-state index contributed by atoms with van der Waals surface area (Å²) in [6.45, 7) is 0. The Bertz CT molecular complexity index is 2870. The molecule has 0 aliphatic carbocycles. The molecule has 0 fully saturated rings. The zero-order chi connectivity index (χ0) is 33.0. The van der Waals surface area contributed by atoms with Crippen LogP contribution in [-0.2, 0) is 0 Å². The first-order valence-corrected chi connectivity index (χ1v) is 17.1. The van der Waals surface area contributed by atoms with Crippen molar-refractivity contribution in [2.45, 2.75) is 0 Å². The number of rotatable bonds is 5. The Morgan fingerprint density at radius 2 is 0.920 bits per heavy atom. The maximum absolute atomic E-state index is 6.49. The van der Waals surface area contributed by atoms with E-state index in [1.54, 1.807) is 0 Å². The third-order valence-corrected chi connectivity index (χ3v) is 10.1. The summed E-state index contributed by atoms with van der Waals surface area (Å²) < 4.78 is 6.49. The van der Waals surface area contributed by atoms with Crippen LogP contribution >= 0.6 is 0 Å². The van der Waals surface area contributed by atoms with Gasteiger partial charge in [-0.2, -0.15) is 0 Å². The van der Waals surface area contributed by atoms with Crippen molar-refractivity contribution in [2.75, 3.05) is 4.90 Å². The highest BCUT2D eigenvalue weighted by Gasteiger charge is 2.20. The minimum absolute atomic E-state index is 0.896. The molecule has 0 radical (unpaired) electrons. The van der Waals surface area contributed by atoms with Gasteiger partial charge in [0.15, 0.2) is 0 Å². The fourth-order valence-electron chi connectivity index (χ4n) is 7.66. The van der Waals surface area contributed by atoms with E-state index in [1.807, 2.05) is 0 Å². The summed E-state index contributed by atoms with van der Waals surface area (Å²) in [4.78, 5) is 2.41. The molecular weight excluding hydrogens is 607 g/mol. The standard InChI is InChI=1S/C48H31NO/c1-4-16-38-32(11-1)14-9-20-39(38)35-23-27-37(28-24-35)49(46-22-10-15-33-12-2-5-17-40(33)46)45-21-8-7-18-41(45)36-26-30-47-44(31-36)43-29-25-34-13-3-6-19-42(34)48(43)50-47/h1-31H. The van der Waals surface area contributed by atoms with Crippen molar-refractivity contribution in [2.24, 2.45) is 0 Å². The second-order valence-corrected chi connectivity index (χ2v) is 12.9. The average molecular weight is 638 g/mol. The first-order valence-electron chi connectivity index (χ1n) is 17.1. The van der Waals surface area contributed by atoms with Crippen molar-refractivity contribution in [1.82, 2.24) is 0 Å². The van der Waals surface area contributed by atoms with Crippen molar-refractivity contribution in [1.29, 1.82) is 0 Å². The summed E-state index contributed by atoms with van der Waals surface area (Å²) in [5, 5.41) is 9.48. The highest BCUT2D eigenvalue weighted by atomic mass is 16.3. The molecule has 0 atom stereocenters. The van der Waals surface area contributed by atoms with Crippen LogP contribution in [0, 0.1) is 0 Å². The molecule has 0 saturated carbocycles. The number of hydrogen-bond donors (Lipinski definition) is 0. The molecule has 9 aromatic carbocycles. The topological polar surface area (TPSA) is 16.4 Å². The summed E-state index contributed by atoms with van der Waals surface area (Å²) in [5.74, 6) is 0. The molecule has 234 valence electrons. The Balaban J connectivity index is 1.16. The molecule has 10 aromatic rings. The number of furan rings is 1. The Morgan fingerprint density at radius 1 is 0.340 bits per heavy atom. The lowest BCUT2D eigenvalue weighted by Crippen LogP contribution is -2.11. The lowest BCUT2D eigenvalue weighted by molar-refractivity contribution is 0.672. The van der Waals surface area contributed by atoms with Crippen LogP contribution in [-0.4, -0.2) is 0 Å². The van der Waals surface area contributed by atoms with Crippen LogP contribution in [0.2, 0.25) is 0 Å². The van der Waals surface area contributed by atoms with E-state index in [1.165, 1.54) is 38.1 Å². The Morgan fingerprint density at radius 3 is 1.74 bits per heavy atom. The van der Waals surface area contributed by atoms with E-state index < -0.39 is 0 Å². The maximum atomic E-state index is 6.49. The monoisotopic (exact) mass is 637 g/mol. The van der Waals surface area contributed by atoms with Gasteiger partial charge in [0.05, 0.1) is 11.4 Å². The molecule has 0 aliphatic rings. The predicted molar refractivity (Wildman–Crippen MR) is 212 cm³/mol. The minimum atomic E-state index is 0.896. The molecule has 0 amide bonds. The fourth-order valence-corrected chi connectivity index (χ4v) is 7.66. The average Bonchev–Trinajstić information content (AvgIpc) is 3.57.